The maximum atomic E-state index is 3.59. The van der Waals surface area contributed by atoms with Crippen LogP contribution in [0.1, 0.15) is 57.8 Å². The molecule has 0 aromatic carbocycles. The zero-order valence-electron chi connectivity index (χ0n) is 10.5. The summed E-state index contributed by atoms with van der Waals surface area (Å²) in [5.41, 5.74) is 0. The molecule has 0 spiro atoms. The summed E-state index contributed by atoms with van der Waals surface area (Å²) in [7, 11) is 0. The molecule has 2 aliphatic rings. The fraction of sp³-hybridized carbons (Fsp3) is 1.00. The third-order valence-corrected chi connectivity index (χ3v) is 4.87. The van der Waals surface area contributed by atoms with Crippen molar-refractivity contribution in [1.82, 2.24) is 4.90 Å². The lowest BCUT2D eigenvalue weighted by Crippen LogP contribution is -2.42. The second kappa shape index (κ2) is 7.00. The Morgan fingerprint density at radius 1 is 0.938 bits per heavy atom. The topological polar surface area (TPSA) is 3.24 Å². The van der Waals surface area contributed by atoms with Crippen molar-refractivity contribution in [2.75, 3.05) is 18.4 Å². The van der Waals surface area contributed by atoms with Gasteiger partial charge in [-0.25, -0.2) is 0 Å². The monoisotopic (exact) mass is 287 g/mol. The van der Waals surface area contributed by atoms with E-state index in [-0.39, 0.29) is 0 Å². The van der Waals surface area contributed by atoms with E-state index in [1.165, 1.54) is 76.2 Å². The highest BCUT2D eigenvalue weighted by molar-refractivity contribution is 9.09. The minimum Gasteiger partial charge on any atom is -0.300 e. The number of hydrogen-bond acceptors (Lipinski definition) is 1. The van der Waals surface area contributed by atoms with Gasteiger partial charge in [0.2, 0.25) is 0 Å². The highest BCUT2D eigenvalue weighted by atomic mass is 79.9. The van der Waals surface area contributed by atoms with Crippen molar-refractivity contribution in [2.24, 2.45) is 5.92 Å². The van der Waals surface area contributed by atoms with Crippen molar-refractivity contribution >= 4 is 15.9 Å². The zero-order chi connectivity index (χ0) is 11.2. The van der Waals surface area contributed by atoms with Gasteiger partial charge in [-0.3, -0.25) is 0 Å². The molecular weight excluding hydrogens is 262 g/mol. The first-order chi connectivity index (χ1) is 7.90. The molecule has 0 aromatic rings. The fourth-order valence-electron chi connectivity index (χ4n) is 3.44. The van der Waals surface area contributed by atoms with Gasteiger partial charge in [-0.1, -0.05) is 41.6 Å². The van der Waals surface area contributed by atoms with Crippen molar-refractivity contribution in [3.63, 3.8) is 0 Å². The zero-order valence-corrected chi connectivity index (χ0v) is 12.1. The molecule has 1 nitrogen and oxygen atoms in total. The number of nitrogens with zero attached hydrogens (tertiary/aromatic N) is 1. The van der Waals surface area contributed by atoms with E-state index in [4.69, 9.17) is 0 Å². The van der Waals surface area contributed by atoms with Crippen LogP contribution in [-0.2, 0) is 0 Å². The van der Waals surface area contributed by atoms with E-state index in [1.807, 2.05) is 0 Å². The first-order valence-electron chi connectivity index (χ1n) is 7.20. The molecule has 1 aliphatic carbocycles. The summed E-state index contributed by atoms with van der Waals surface area (Å²) < 4.78 is 0. The molecule has 94 valence electrons. The molecule has 0 aromatic heterocycles. The van der Waals surface area contributed by atoms with Gasteiger partial charge in [-0.2, -0.15) is 0 Å². The number of likely N-dealkylation sites (tertiary alicyclic amines) is 1. The fourth-order valence-corrected chi connectivity index (χ4v) is 4.09. The van der Waals surface area contributed by atoms with Crippen LogP contribution < -0.4 is 0 Å². The lowest BCUT2D eigenvalue weighted by molar-refractivity contribution is 0.111. The number of hydrogen-bond donors (Lipinski definition) is 0. The number of piperidine rings is 1. The quantitative estimate of drug-likeness (QED) is 0.555. The first-order valence-corrected chi connectivity index (χ1v) is 8.32. The van der Waals surface area contributed by atoms with E-state index in [9.17, 15) is 0 Å². The van der Waals surface area contributed by atoms with Gasteiger partial charge in [-0.15, -0.1) is 0 Å². The molecule has 0 radical (unpaired) electrons. The van der Waals surface area contributed by atoms with Crippen LogP contribution in [0, 0.1) is 5.92 Å². The number of alkyl halides is 1. The lowest BCUT2D eigenvalue weighted by atomic mass is 9.93. The predicted molar refractivity (Wildman–Crippen MR) is 74.2 cm³/mol. The molecule has 2 rings (SSSR count). The van der Waals surface area contributed by atoms with Gasteiger partial charge in [0.25, 0.3) is 0 Å². The average Bonchev–Trinajstić information content (AvgIpc) is 2.58. The highest BCUT2D eigenvalue weighted by Crippen LogP contribution is 2.27. The summed E-state index contributed by atoms with van der Waals surface area (Å²) in [5.74, 6) is 0.969. The van der Waals surface area contributed by atoms with Gasteiger partial charge in [-0.05, 0) is 44.6 Å². The van der Waals surface area contributed by atoms with E-state index >= 15 is 0 Å². The molecule has 1 saturated carbocycles. The SMILES string of the molecule is BrCCC1CCCN(C2CCCCCC2)C1. The standard InChI is InChI=1S/C14H26BrN/c15-10-9-13-6-5-11-16(12-13)14-7-3-1-2-4-8-14/h13-14H,1-12H2. The Hall–Kier alpha value is 0.440. The third kappa shape index (κ3) is 3.73. The van der Waals surface area contributed by atoms with Gasteiger partial charge < -0.3 is 4.90 Å². The molecule has 1 aliphatic heterocycles. The maximum absolute atomic E-state index is 3.59. The van der Waals surface area contributed by atoms with Crippen molar-refractivity contribution in [3.05, 3.63) is 0 Å². The van der Waals surface area contributed by atoms with Crippen LogP contribution in [0.25, 0.3) is 0 Å². The Morgan fingerprint density at radius 3 is 2.38 bits per heavy atom. The first kappa shape index (κ1) is 12.9. The molecular formula is C14H26BrN. The maximum Gasteiger partial charge on any atom is 0.00953 e. The van der Waals surface area contributed by atoms with Crippen LogP contribution >= 0.6 is 15.9 Å². The molecule has 1 heterocycles. The Morgan fingerprint density at radius 2 is 1.69 bits per heavy atom. The second-order valence-electron chi connectivity index (χ2n) is 5.63. The number of rotatable bonds is 3. The molecule has 1 saturated heterocycles. The molecule has 0 N–H and O–H groups in total. The number of halogens is 1. The van der Waals surface area contributed by atoms with Crippen LogP contribution in [0.15, 0.2) is 0 Å². The summed E-state index contributed by atoms with van der Waals surface area (Å²) in [6.45, 7) is 2.76. The Labute approximate surface area is 109 Å². The second-order valence-corrected chi connectivity index (χ2v) is 6.42. The van der Waals surface area contributed by atoms with E-state index < -0.39 is 0 Å². The van der Waals surface area contributed by atoms with Crippen molar-refractivity contribution < 1.29 is 0 Å². The highest BCUT2D eigenvalue weighted by Gasteiger charge is 2.25. The molecule has 2 fully saturated rings. The average molecular weight is 288 g/mol. The normalized spacial score (nSPS) is 30.2. The van der Waals surface area contributed by atoms with Crippen LogP contribution in [0.3, 0.4) is 0 Å². The van der Waals surface area contributed by atoms with Crippen LogP contribution in [0.5, 0.6) is 0 Å². The van der Waals surface area contributed by atoms with Gasteiger partial charge in [0.1, 0.15) is 0 Å². The van der Waals surface area contributed by atoms with Crippen LogP contribution in [-0.4, -0.2) is 29.4 Å². The molecule has 2 heteroatoms. The summed E-state index contributed by atoms with van der Waals surface area (Å²) in [4.78, 5) is 2.82. The Bertz CT molecular complexity index is 185. The largest absolute Gasteiger partial charge is 0.300 e. The summed E-state index contributed by atoms with van der Waals surface area (Å²) in [5, 5.41) is 1.19. The minimum atomic E-state index is 0.931. The van der Waals surface area contributed by atoms with Crippen molar-refractivity contribution in [3.8, 4) is 0 Å². The van der Waals surface area contributed by atoms with Gasteiger partial charge >= 0.3 is 0 Å². The Kier molecular flexibility index (Phi) is 5.64. The molecule has 0 bridgehead atoms. The predicted octanol–water partition coefficient (Wildman–Crippen LogP) is 4.21. The summed E-state index contributed by atoms with van der Waals surface area (Å²) in [6, 6.07) is 0.931. The van der Waals surface area contributed by atoms with Gasteiger partial charge in [0.05, 0.1) is 0 Å². The summed E-state index contributed by atoms with van der Waals surface area (Å²) in [6.07, 6.45) is 13.1. The van der Waals surface area contributed by atoms with Gasteiger partial charge in [0, 0.05) is 17.9 Å². The minimum absolute atomic E-state index is 0.931. The van der Waals surface area contributed by atoms with E-state index in [0.717, 1.165) is 12.0 Å². The van der Waals surface area contributed by atoms with E-state index in [2.05, 4.69) is 20.8 Å². The van der Waals surface area contributed by atoms with Gasteiger partial charge in [0.15, 0.2) is 0 Å². The van der Waals surface area contributed by atoms with E-state index in [0.29, 0.717) is 0 Å². The molecule has 1 atom stereocenters. The smallest absolute Gasteiger partial charge is 0.00953 e. The lowest BCUT2D eigenvalue weighted by Gasteiger charge is -2.38. The molecule has 0 amide bonds. The van der Waals surface area contributed by atoms with Crippen molar-refractivity contribution in [1.29, 1.82) is 0 Å². The Balaban J connectivity index is 1.82. The van der Waals surface area contributed by atoms with Crippen LogP contribution in [0.2, 0.25) is 0 Å². The van der Waals surface area contributed by atoms with Crippen molar-refractivity contribution in [2.45, 2.75) is 63.8 Å². The summed E-state index contributed by atoms with van der Waals surface area (Å²) >= 11 is 3.59. The molecule has 16 heavy (non-hydrogen) atoms. The molecule has 1 unspecified atom stereocenters. The van der Waals surface area contributed by atoms with E-state index in [1.54, 1.807) is 0 Å². The third-order valence-electron chi connectivity index (χ3n) is 4.41. The van der Waals surface area contributed by atoms with Crippen LogP contribution in [0.4, 0.5) is 0 Å².